The van der Waals surface area contributed by atoms with Crippen molar-refractivity contribution in [2.45, 2.75) is 44.3 Å². The summed E-state index contributed by atoms with van der Waals surface area (Å²) < 4.78 is 39.6. The van der Waals surface area contributed by atoms with Crippen LogP contribution in [0.15, 0.2) is 36.8 Å². The smallest absolute Gasteiger partial charge is 0.254 e. The van der Waals surface area contributed by atoms with E-state index >= 15 is 4.39 Å². The van der Waals surface area contributed by atoms with Crippen LogP contribution in [0, 0.1) is 12.7 Å². The number of hydrogen-bond acceptors (Lipinski definition) is 6. The minimum atomic E-state index is -1.52. The highest BCUT2D eigenvalue weighted by molar-refractivity contribution is 5.95. The van der Waals surface area contributed by atoms with Crippen LogP contribution in [0.25, 0.3) is 22.7 Å². The quantitative estimate of drug-likeness (QED) is 0.415. The van der Waals surface area contributed by atoms with Gasteiger partial charge in [-0.05, 0) is 57.4 Å². The van der Waals surface area contributed by atoms with Crippen LogP contribution >= 0.6 is 0 Å². The molecule has 1 aliphatic carbocycles. The number of hydrogen-bond donors (Lipinski definition) is 1. The molecule has 1 saturated carbocycles. The number of nitrogens with zero attached hydrogens (tertiary/aromatic N) is 6. The molecule has 4 heterocycles. The fourth-order valence-corrected chi connectivity index (χ4v) is 5.01. The van der Waals surface area contributed by atoms with Gasteiger partial charge < -0.3 is 15.0 Å². The third kappa shape index (κ3) is 4.30. The third-order valence-corrected chi connectivity index (χ3v) is 7.54. The molecule has 0 unspecified atom stereocenters. The Kier molecular flexibility index (Phi) is 5.90. The van der Waals surface area contributed by atoms with Crippen LogP contribution < -0.4 is 10.1 Å². The number of carbonyl (C=O) groups excluding carboxylic acids is 1. The summed E-state index contributed by atoms with van der Waals surface area (Å²) >= 11 is 0. The number of fused-ring (bicyclic) bond motifs is 1. The Morgan fingerprint density at radius 2 is 1.95 bits per heavy atom. The second kappa shape index (κ2) is 9.16. The van der Waals surface area contributed by atoms with E-state index in [9.17, 15) is 9.18 Å². The normalized spacial score (nSPS) is 17.6. The molecule has 0 atom stereocenters. The van der Waals surface area contributed by atoms with Crippen molar-refractivity contribution < 1.29 is 18.3 Å². The number of likely N-dealkylation sites (tertiary alicyclic amines) is 1. The molecule has 0 spiro atoms. The number of benzene rings is 1. The molecule has 2 aliphatic rings. The second-order valence-corrected chi connectivity index (χ2v) is 10.3. The highest BCUT2D eigenvalue weighted by Crippen LogP contribution is 2.42. The second-order valence-electron chi connectivity index (χ2n) is 10.3. The van der Waals surface area contributed by atoms with Gasteiger partial charge in [0.25, 0.3) is 5.91 Å². The molecule has 38 heavy (non-hydrogen) atoms. The first-order valence-corrected chi connectivity index (χ1v) is 12.7. The number of methoxy groups -OCH3 is 1. The number of rotatable bonds is 6. The van der Waals surface area contributed by atoms with E-state index in [1.165, 1.54) is 23.9 Å². The predicted molar refractivity (Wildman–Crippen MR) is 137 cm³/mol. The van der Waals surface area contributed by atoms with E-state index in [0.29, 0.717) is 65.5 Å². The van der Waals surface area contributed by atoms with Crippen LogP contribution in [0.2, 0.25) is 0 Å². The number of aromatic nitrogens is 5. The lowest BCUT2D eigenvalue weighted by Gasteiger charge is -2.35. The first-order valence-electron chi connectivity index (χ1n) is 12.7. The molecule has 6 rings (SSSR count). The summed E-state index contributed by atoms with van der Waals surface area (Å²) in [6, 6.07) is 4.66. The number of piperidine rings is 1. The topological polar surface area (TPSA) is 89.6 Å². The molecule has 11 heteroatoms. The number of aryl methyl sites for hydroxylation is 1. The van der Waals surface area contributed by atoms with Gasteiger partial charge in [0.05, 0.1) is 36.4 Å². The lowest BCUT2D eigenvalue weighted by atomic mass is 9.86. The van der Waals surface area contributed by atoms with Crippen molar-refractivity contribution in [1.82, 2.24) is 34.6 Å². The summed E-state index contributed by atoms with van der Waals surface area (Å²) in [7, 11) is 3.52. The van der Waals surface area contributed by atoms with E-state index < -0.39 is 17.4 Å². The van der Waals surface area contributed by atoms with Gasteiger partial charge >= 0.3 is 0 Å². The van der Waals surface area contributed by atoms with Crippen LogP contribution in [0.3, 0.4) is 0 Å². The Morgan fingerprint density at radius 1 is 1.18 bits per heavy atom. The molecule has 198 valence electrons. The maximum absolute atomic E-state index is 16.1. The van der Waals surface area contributed by atoms with Gasteiger partial charge in [-0.2, -0.15) is 0 Å². The zero-order chi connectivity index (χ0) is 26.6. The SMILES string of the molecule is COc1cc2ncc(-c3cn(-c4cc(C(=O)NC5CC5)c(F)cc4C)nn3)n2cc1C1(F)CCN(C)CC1. The van der Waals surface area contributed by atoms with Crippen LogP contribution in [0.4, 0.5) is 8.78 Å². The average Bonchev–Trinajstić information content (AvgIpc) is 3.41. The van der Waals surface area contributed by atoms with Gasteiger partial charge in [-0.25, -0.2) is 18.4 Å². The van der Waals surface area contributed by atoms with E-state index in [0.717, 1.165) is 12.8 Å². The highest BCUT2D eigenvalue weighted by Gasteiger charge is 2.38. The van der Waals surface area contributed by atoms with Gasteiger partial charge in [-0.1, -0.05) is 5.21 Å². The molecule has 1 aliphatic heterocycles. The fraction of sp³-hybridized carbons (Fsp3) is 0.407. The summed E-state index contributed by atoms with van der Waals surface area (Å²) in [5, 5.41) is 11.4. The Labute approximate surface area is 218 Å². The fourth-order valence-electron chi connectivity index (χ4n) is 5.01. The van der Waals surface area contributed by atoms with Crippen LogP contribution in [-0.2, 0) is 5.67 Å². The Hall–Kier alpha value is -3.86. The molecule has 1 amide bonds. The molecular weight excluding hydrogens is 492 g/mol. The molecule has 0 radical (unpaired) electrons. The first kappa shape index (κ1) is 24.5. The summed E-state index contributed by atoms with van der Waals surface area (Å²) in [4.78, 5) is 19.1. The molecule has 1 N–H and O–H groups in total. The van der Waals surface area contributed by atoms with Gasteiger partial charge in [0.15, 0.2) is 0 Å². The van der Waals surface area contributed by atoms with Gasteiger partial charge in [0.2, 0.25) is 0 Å². The standard InChI is InChI=1S/C27H29F2N7O2/c1-16-10-20(28)18(26(37)31-17-4-5-17)11-22(16)36-15-21(32-33-36)23-13-30-25-12-24(38-3)19(14-35(23)25)27(29)6-8-34(2)9-7-27/h10-15,17H,4-9H2,1-3H3,(H,31,37). The maximum Gasteiger partial charge on any atom is 0.254 e. The Bertz CT molecular complexity index is 1530. The maximum atomic E-state index is 16.1. The van der Waals surface area contributed by atoms with Crippen molar-refractivity contribution in [1.29, 1.82) is 0 Å². The number of imidazole rings is 1. The predicted octanol–water partition coefficient (Wildman–Crippen LogP) is 3.82. The largest absolute Gasteiger partial charge is 0.496 e. The molecule has 9 nitrogen and oxygen atoms in total. The number of pyridine rings is 1. The number of alkyl halides is 1. The van der Waals surface area contributed by atoms with Crippen LogP contribution in [-0.4, -0.2) is 68.5 Å². The zero-order valence-corrected chi connectivity index (χ0v) is 21.5. The van der Waals surface area contributed by atoms with Crippen molar-refractivity contribution >= 4 is 11.6 Å². The van der Waals surface area contributed by atoms with E-state index in [2.05, 4.69) is 25.5 Å². The first-order chi connectivity index (χ1) is 18.3. The van der Waals surface area contributed by atoms with Crippen molar-refractivity contribution in [3.63, 3.8) is 0 Å². The van der Waals surface area contributed by atoms with Crippen LogP contribution in [0.1, 0.15) is 47.2 Å². The average molecular weight is 522 g/mol. The van der Waals surface area contributed by atoms with Gasteiger partial charge in [0.1, 0.15) is 28.6 Å². The number of halogens is 2. The van der Waals surface area contributed by atoms with Gasteiger partial charge in [-0.3, -0.25) is 9.20 Å². The molecule has 3 aromatic heterocycles. The molecule has 4 aromatic rings. The molecule has 2 fully saturated rings. The minimum absolute atomic E-state index is 0.0348. The van der Waals surface area contributed by atoms with E-state index in [1.54, 1.807) is 36.0 Å². The summed E-state index contributed by atoms with van der Waals surface area (Å²) in [6.07, 6.45) is 7.63. The zero-order valence-electron chi connectivity index (χ0n) is 21.5. The molecular formula is C27H29F2N7O2. The lowest BCUT2D eigenvalue weighted by molar-refractivity contribution is 0.0646. The van der Waals surface area contributed by atoms with E-state index in [1.807, 2.05) is 7.05 Å². The Morgan fingerprint density at radius 3 is 2.66 bits per heavy atom. The Balaban J connectivity index is 1.38. The lowest BCUT2D eigenvalue weighted by Crippen LogP contribution is -2.38. The van der Waals surface area contributed by atoms with E-state index in [-0.39, 0.29) is 11.6 Å². The molecule has 1 aromatic carbocycles. The van der Waals surface area contributed by atoms with Gasteiger partial charge in [-0.15, -0.1) is 5.10 Å². The summed E-state index contributed by atoms with van der Waals surface area (Å²) in [5.41, 5.74) is 1.78. The van der Waals surface area contributed by atoms with Crippen molar-refractivity contribution in [3.8, 4) is 22.8 Å². The monoisotopic (exact) mass is 521 g/mol. The van der Waals surface area contributed by atoms with Crippen molar-refractivity contribution in [2.75, 3.05) is 27.2 Å². The van der Waals surface area contributed by atoms with Crippen LogP contribution in [0.5, 0.6) is 5.75 Å². The summed E-state index contributed by atoms with van der Waals surface area (Å²) in [6.45, 7) is 3.05. The molecule has 1 saturated heterocycles. The number of nitrogens with one attached hydrogen (secondary N) is 1. The van der Waals surface area contributed by atoms with E-state index in [4.69, 9.17) is 4.74 Å². The third-order valence-electron chi connectivity index (χ3n) is 7.54. The van der Waals surface area contributed by atoms with Gasteiger partial charge in [0, 0.05) is 37.0 Å². The number of carbonyl (C=O) groups is 1. The minimum Gasteiger partial charge on any atom is -0.496 e. The summed E-state index contributed by atoms with van der Waals surface area (Å²) in [5.74, 6) is -0.560. The molecule has 0 bridgehead atoms. The van der Waals surface area contributed by atoms with Crippen molar-refractivity contribution in [2.24, 2.45) is 0 Å². The number of ether oxygens (including phenoxy) is 1. The number of amides is 1. The van der Waals surface area contributed by atoms with Crippen molar-refractivity contribution in [3.05, 3.63) is 59.3 Å². The highest BCUT2D eigenvalue weighted by atomic mass is 19.1.